The molecule has 0 aliphatic carbocycles. The van der Waals surface area contributed by atoms with Crippen molar-refractivity contribution in [1.82, 2.24) is 15.0 Å². The van der Waals surface area contributed by atoms with E-state index in [1.54, 1.807) is 37.6 Å². The molecule has 4 aromatic rings. The van der Waals surface area contributed by atoms with Crippen LogP contribution >= 0.6 is 0 Å². The molecule has 154 valence electrons. The van der Waals surface area contributed by atoms with Crippen LogP contribution < -0.4 is 9.47 Å². The maximum atomic E-state index is 12.9. The summed E-state index contributed by atoms with van der Waals surface area (Å²) < 4.78 is 28.6. The highest BCUT2D eigenvalue weighted by Gasteiger charge is 2.21. The van der Waals surface area contributed by atoms with Gasteiger partial charge >= 0.3 is 11.1 Å². The molecule has 3 aromatic heterocycles. The number of nitrogens with one attached hydrogen (secondary N) is 1. The minimum atomic E-state index is -1.44. The lowest BCUT2D eigenvalue weighted by atomic mass is 10.1. The summed E-state index contributed by atoms with van der Waals surface area (Å²) in [6.07, 6.45) is 3.10. The van der Waals surface area contributed by atoms with Crippen molar-refractivity contribution >= 4 is 28.2 Å². The number of pyridine rings is 1. The van der Waals surface area contributed by atoms with Crippen molar-refractivity contribution in [2.75, 3.05) is 7.11 Å². The molecular formula is C21H19N3O5S. The summed E-state index contributed by atoms with van der Waals surface area (Å²) in [5, 5.41) is 0.320. The number of nitrogens with zero attached hydrogens (tertiary/aromatic N) is 2. The van der Waals surface area contributed by atoms with Crippen LogP contribution in [0, 0.1) is 13.8 Å². The van der Waals surface area contributed by atoms with Gasteiger partial charge in [-0.1, -0.05) is 0 Å². The smallest absolute Gasteiger partial charge is 0.379 e. The molecule has 0 saturated carbocycles. The van der Waals surface area contributed by atoms with Gasteiger partial charge in [-0.25, -0.2) is 4.79 Å². The number of methoxy groups -OCH3 is 1. The third-order valence-electron chi connectivity index (χ3n) is 4.60. The summed E-state index contributed by atoms with van der Waals surface area (Å²) in [6.45, 7) is 3.80. The van der Waals surface area contributed by atoms with Crippen molar-refractivity contribution in [2.45, 2.75) is 24.8 Å². The van der Waals surface area contributed by atoms with Crippen molar-refractivity contribution < 1.29 is 23.2 Å². The van der Waals surface area contributed by atoms with E-state index in [1.165, 1.54) is 12.3 Å². The van der Waals surface area contributed by atoms with Crippen molar-refractivity contribution in [3.8, 4) is 11.5 Å². The highest BCUT2D eigenvalue weighted by atomic mass is 32.2. The number of rotatable bonds is 6. The monoisotopic (exact) mass is 425 g/mol. The summed E-state index contributed by atoms with van der Waals surface area (Å²) >= 11 is -1.44. The van der Waals surface area contributed by atoms with Crippen LogP contribution in [0.15, 0.2) is 52.4 Å². The number of aryl methyl sites for hydroxylation is 1. The molecule has 1 N–H and O–H groups in total. The third-order valence-corrected chi connectivity index (χ3v) is 5.76. The Bertz CT molecular complexity index is 1200. The maximum absolute atomic E-state index is 12.9. The molecule has 9 heteroatoms. The number of hydrogen-bond donors (Lipinski definition) is 1. The lowest BCUT2D eigenvalue weighted by Crippen LogP contribution is -2.10. The molecule has 1 unspecified atom stereocenters. The van der Waals surface area contributed by atoms with Crippen LogP contribution in [-0.4, -0.2) is 32.6 Å². The number of aromatic nitrogens is 3. The molecule has 0 amide bonds. The largest absolute Gasteiger partial charge is 0.609 e. The highest BCUT2D eigenvalue weighted by Crippen LogP contribution is 2.27. The van der Waals surface area contributed by atoms with Gasteiger partial charge in [0.15, 0.2) is 5.75 Å². The number of carbonyl (C=O) groups is 1. The van der Waals surface area contributed by atoms with Crippen LogP contribution in [0.2, 0.25) is 0 Å². The zero-order valence-electron chi connectivity index (χ0n) is 16.6. The van der Waals surface area contributed by atoms with Crippen molar-refractivity contribution in [3.05, 3.63) is 65.4 Å². The number of ether oxygens (including phenoxy) is 2. The van der Waals surface area contributed by atoms with Crippen LogP contribution in [0.4, 0.5) is 0 Å². The zero-order valence-corrected chi connectivity index (χ0v) is 17.4. The molecule has 0 spiro atoms. The molecule has 0 radical (unpaired) electrons. The molecule has 0 fully saturated rings. The summed E-state index contributed by atoms with van der Waals surface area (Å²) in [6, 6.07) is 8.07. The van der Waals surface area contributed by atoms with E-state index < -0.39 is 17.1 Å². The Hall–Kier alpha value is -3.30. The first-order valence-corrected chi connectivity index (χ1v) is 10.4. The topological polar surface area (TPSA) is 113 Å². The lowest BCUT2D eigenvalue weighted by Gasteiger charge is -2.13. The number of fused-ring (bicyclic) bond motifs is 1. The first-order chi connectivity index (χ1) is 14.5. The van der Waals surface area contributed by atoms with Crippen LogP contribution in [0.5, 0.6) is 11.5 Å². The second-order valence-electron chi connectivity index (χ2n) is 6.62. The van der Waals surface area contributed by atoms with E-state index in [1.807, 2.05) is 13.8 Å². The second kappa shape index (κ2) is 8.21. The third kappa shape index (κ3) is 3.89. The molecule has 3 heterocycles. The molecule has 8 nitrogen and oxygen atoms in total. The Morgan fingerprint density at radius 2 is 2.13 bits per heavy atom. The van der Waals surface area contributed by atoms with Gasteiger partial charge in [0, 0.05) is 34.6 Å². The Kier molecular flexibility index (Phi) is 5.47. The highest BCUT2D eigenvalue weighted by molar-refractivity contribution is 7.90. The Labute approximate surface area is 175 Å². The quantitative estimate of drug-likeness (QED) is 0.285. The molecule has 0 saturated heterocycles. The normalized spacial score (nSPS) is 12.1. The molecule has 0 aliphatic rings. The van der Waals surface area contributed by atoms with E-state index in [-0.39, 0.29) is 11.5 Å². The SMILES string of the molecule is COc1c(C)cnc(C[S+]([O-])c2nc3cc(OC(=O)c4ccco4)ccc3[nH]2)c1C. The predicted octanol–water partition coefficient (Wildman–Crippen LogP) is 3.70. The van der Waals surface area contributed by atoms with Crippen molar-refractivity contribution in [3.63, 3.8) is 0 Å². The molecular weight excluding hydrogens is 406 g/mol. The summed E-state index contributed by atoms with van der Waals surface area (Å²) in [5.74, 6) is 0.754. The molecule has 30 heavy (non-hydrogen) atoms. The first kappa shape index (κ1) is 20.0. The van der Waals surface area contributed by atoms with Gasteiger partial charge in [-0.05, 0) is 38.1 Å². The van der Waals surface area contributed by atoms with Gasteiger partial charge in [-0.2, -0.15) is 4.98 Å². The van der Waals surface area contributed by atoms with E-state index in [2.05, 4.69) is 15.0 Å². The van der Waals surface area contributed by atoms with Crippen LogP contribution in [0.25, 0.3) is 11.0 Å². The zero-order chi connectivity index (χ0) is 21.3. The van der Waals surface area contributed by atoms with E-state index in [4.69, 9.17) is 13.9 Å². The van der Waals surface area contributed by atoms with Crippen molar-refractivity contribution in [1.29, 1.82) is 0 Å². The standard InChI is InChI=1S/C21H19N3O5S/c1-12-10-22-17(13(2)19(12)27-3)11-30(26)21-23-15-7-6-14(9-16(15)24-21)29-20(25)18-5-4-8-28-18/h4-10H,11H2,1-3H3,(H,23,24). The average Bonchev–Trinajstić information content (AvgIpc) is 3.40. The maximum Gasteiger partial charge on any atom is 0.379 e. The van der Waals surface area contributed by atoms with Gasteiger partial charge in [0.2, 0.25) is 5.76 Å². The van der Waals surface area contributed by atoms with Crippen LogP contribution in [0.3, 0.4) is 0 Å². The van der Waals surface area contributed by atoms with E-state index >= 15 is 0 Å². The van der Waals surface area contributed by atoms with Crippen LogP contribution in [-0.2, 0) is 16.9 Å². The molecule has 0 bridgehead atoms. The van der Waals surface area contributed by atoms with Gasteiger partial charge in [0.1, 0.15) is 11.5 Å². The fourth-order valence-electron chi connectivity index (χ4n) is 3.09. The first-order valence-electron chi connectivity index (χ1n) is 9.09. The van der Waals surface area contributed by atoms with Gasteiger partial charge in [-0.15, -0.1) is 0 Å². The predicted molar refractivity (Wildman–Crippen MR) is 110 cm³/mol. The summed E-state index contributed by atoms with van der Waals surface area (Å²) in [4.78, 5) is 23.9. The Balaban J connectivity index is 1.54. The summed E-state index contributed by atoms with van der Waals surface area (Å²) in [5.41, 5.74) is 3.68. The Morgan fingerprint density at radius 1 is 1.30 bits per heavy atom. The van der Waals surface area contributed by atoms with Gasteiger partial charge in [0.05, 0.1) is 30.1 Å². The van der Waals surface area contributed by atoms with Crippen LogP contribution in [0.1, 0.15) is 27.4 Å². The fourth-order valence-corrected chi connectivity index (χ4v) is 4.19. The fraction of sp³-hybridized carbons (Fsp3) is 0.190. The Morgan fingerprint density at radius 3 is 2.87 bits per heavy atom. The van der Waals surface area contributed by atoms with E-state index in [0.717, 1.165) is 16.9 Å². The van der Waals surface area contributed by atoms with Gasteiger partial charge in [0.25, 0.3) is 0 Å². The number of carbonyl (C=O) groups excluding carboxylic acids is 1. The molecule has 1 aromatic carbocycles. The van der Waals surface area contributed by atoms with E-state index in [0.29, 0.717) is 27.6 Å². The number of imidazole rings is 1. The summed E-state index contributed by atoms with van der Waals surface area (Å²) in [7, 11) is 1.60. The molecule has 1 atom stereocenters. The van der Waals surface area contributed by atoms with Gasteiger partial charge < -0.3 is 18.4 Å². The van der Waals surface area contributed by atoms with Gasteiger partial charge in [-0.3, -0.25) is 9.97 Å². The molecule has 0 aliphatic heterocycles. The van der Waals surface area contributed by atoms with E-state index in [9.17, 15) is 9.35 Å². The number of hydrogen-bond acceptors (Lipinski definition) is 7. The number of H-pyrrole nitrogens is 1. The number of benzene rings is 1. The van der Waals surface area contributed by atoms with Crippen molar-refractivity contribution in [2.24, 2.45) is 0 Å². The second-order valence-corrected chi connectivity index (χ2v) is 7.99. The minimum absolute atomic E-state index is 0.107. The lowest BCUT2D eigenvalue weighted by molar-refractivity contribution is 0.0701. The number of furan rings is 1. The average molecular weight is 425 g/mol. The minimum Gasteiger partial charge on any atom is -0.609 e. The number of esters is 1. The number of aromatic amines is 1. The molecule has 4 rings (SSSR count).